The van der Waals surface area contributed by atoms with Crippen molar-refractivity contribution in [1.82, 2.24) is 5.32 Å². The van der Waals surface area contributed by atoms with Crippen LogP contribution in [0.5, 0.6) is 17.2 Å². The van der Waals surface area contributed by atoms with Gasteiger partial charge in [-0.15, -0.1) is 0 Å². The van der Waals surface area contributed by atoms with Gasteiger partial charge < -0.3 is 29.3 Å². The number of carbonyl (C=O) groups is 1. The molecule has 168 valence electrons. The summed E-state index contributed by atoms with van der Waals surface area (Å²) in [6, 6.07) is 11.9. The molecule has 0 radical (unpaired) electrons. The minimum atomic E-state index is 0.102. The zero-order valence-corrected chi connectivity index (χ0v) is 19.0. The van der Waals surface area contributed by atoms with Crippen LogP contribution in [-0.4, -0.2) is 60.0 Å². The smallest absolute Gasteiger partial charge is 0.275 e. The Morgan fingerprint density at radius 1 is 0.903 bits per heavy atom. The van der Waals surface area contributed by atoms with Gasteiger partial charge in [-0.25, -0.2) is 0 Å². The van der Waals surface area contributed by atoms with Crippen molar-refractivity contribution in [3.8, 4) is 17.2 Å². The Hall–Kier alpha value is -2.77. The summed E-state index contributed by atoms with van der Waals surface area (Å²) in [7, 11) is 4.99. The van der Waals surface area contributed by atoms with Gasteiger partial charge in [-0.1, -0.05) is 12.1 Å². The second kappa shape index (κ2) is 11.0. The number of nitrogens with one attached hydrogen (secondary N) is 3. The van der Waals surface area contributed by atoms with Gasteiger partial charge in [-0.3, -0.25) is 4.79 Å². The Morgan fingerprint density at radius 3 is 2.13 bits per heavy atom. The molecule has 2 aromatic carbocycles. The van der Waals surface area contributed by atoms with Crippen LogP contribution >= 0.6 is 0 Å². The molecule has 0 unspecified atom stereocenters. The molecule has 0 bridgehead atoms. The third-order valence-corrected chi connectivity index (χ3v) is 6.01. The highest BCUT2D eigenvalue weighted by Gasteiger charge is 2.25. The Labute approximate surface area is 184 Å². The van der Waals surface area contributed by atoms with Crippen molar-refractivity contribution in [3.05, 3.63) is 53.1 Å². The molecule has 1 aliphatic heterocycles. The van der Waals surface area contributed by atoms with Crippen LogP contribution < -0.4 is 29.3 Å². The average molecular weight is 430 g/mol. The van der Waals surface area contributed by atoms with E-state index in [1.807, 2.05) is 30.3 Å². The highest BCUT2D eigenvalue weighted by molar-refractivity contribution is 5.76. The predicted molar refractivity (Wildman–Crippen MR) is 119 cm³/mol. The van der Waals surface area contributed by atoms with Crippen molar-refractivity contribution in [3.63, 3.8) is 0 Å². The lowest BCUT2D eigenvalue weighted by molar-refractivity contribution is -1.02. The molecule has 7 heteroatoms. The molecule has 3 rings (SSSR count). The number of aryl methyl sites for hydroxylation is 1. The maximum atomic E-state index is 12.4. The second-order valence-electron chi connectivity index (χ2n) is 8.11. The molecule has 0 atom stereocenters. The van der Waals surface area contributed by atoms with Crippen LogP contribution in [0.1, 0.15) is 16.7 Å². The largest absolute Gasteiger partial charge is 0.497 e. The Balaban J connectivity index is 1.43. The molecule has 1 saturated heterocycles. The second-order valence-corrected chi connectivity index (χ2v) is 8.11. The van der Waals surface area contributed by atoms with Crippen LogP contribution in [-0.2, 0) is 17.9 Å². The average Bonchev–Trinajstić information content (AvgIpc) is 2.80. The Kier molecular flexibility index (Phi) is 8.14. The van der Waals surface area contributed by atoms with Gasteiger partial charge in [-0.05, 0) is 42.3 Å². The van der Waals surface area contributed by atoms with Crippen molar-refractivity contribution in [1.29, 1.82) is 0 Å². The monoisotopic (exact) mass is 429 g/mol. The zero-order valence-electron chi connectivity index (χ0n) is 19.0. The molecule has 0 spiro atoms. The molecule has 31 heavy (non-hydrogen) atoms. The Morgan fingerprint density at radius 2 is 1.52 bits per heavy atom. The van der Waals surface area contributed by atoms with Gasteiger partial charge in [0.1, 0.15) is 38.5 Å². The first-order chi connectivity index (χ1) is 15.0. The topological polar surface area (TPSA) is 65.7 Å². The lowest BCUT2D eigenvalue weighted by Gasteiger charge is -2.29. The highest BCUT2D eigenvalue weighted by Crippen LogP contribution is 2.29. The molecule has 3 N–H and O–H groups in total. The quantitative estimate of drug-likeness (QED) is 0.509. The molecular formula is C24H35N3O4+2. The molecule has 0 aromatic heterocycles. The molecule has 1 heterocycles. The van der Waals surface area contributed by atoms with Crippen molar-refractivity contribution < 1.29 is 28.8 Å². The number of quaternary nitrogens is 2. The van der Waals surface area contributed by atoms with E-state index >= 15 is 0 Å². The third-order valence-electron chi connectivity index (χ3n) is 6.01. The van der Waals surface area contributed by atoms with E-state index in [-0.39, 0.29) is 5.91 Å². The highest BCUT2D eigenvalue weighted by atomic mass is 16.5. The number of benzene rings is 2. The summed E-state index contributed by atoms with van der Waals surface area (Å²) < 4.78 is 16.0. The van der Waals surface area contributed by atoms with E-state index in [4.69, 9.17) is 14.2 Å². The van der Waals surface area contributed by atoms with E-state index in [1.165, 1.54) is 20.9 Å². The van der Waals surface area contributed by atoms with Crippen LogP contribution in [0.15, 0.2) is 36.4 Å². The lowest BCUT2D eigenvalue weighted by atomic mass is 10.1. The fourth-order valence-electron chi connectivity index (χ4n) is 4.03. The van der Waals surface area contributed by atoms with Gasteiger partial charge in [0.15, 0.2) is 18.0 Å². The lowest BCUT2D eigenvalue weighted by Crippen LogP contribution is -3.28. The van der Waals surface area contributed by atoms with E-state index in [0.29, 0.717) is 13.1 Å². The maximum Gasteiger partial charge on any atom is 0.275 e. The van der Waals surface area contributed by atoms with Crippen LogP contribution in [0, 0.1) is 6.92 Å². The molecule has 1 amide bonds. The number of ether oxygens (including phenoxy) is 3. The molecule has 0 aliphatic carbocycles. The van der Waals surface area contributed by atoms with Gasteiger partial charge in [0, 0.05) is 12.1 Å². The molecule has 1 fully saturated rings. The third kappa shape index (κ3) is 6.35. The first-order valence-corrected chi connectivity index (χ1v) is 10.8. The van der Waals surface area contributed by atoms with Gasteiger partial charge >= 0.3 is 0 Å². The number of hydrogen-bond donors (Lipinski definition) is 3. The van der Waals surface area contributed by atoms with Gasteiger partial charge in [0.2, 0.25) is 0 Å². The number of carbonyl (C=O) groups excluding carboxylic acids is 1. The summed E-state index contributed by atoms with van der Waals surface area (Å²) in [6.45, 7) is 8.25. The van der Waals surface area contributed by atoms with Gasteiger partial charge in [0.25, 0.3) is 5.91 Å². The van der Waals surface area contributed by atoms with Gasteiger partial charge in [-0.2, -0.15) is 0 Å². The van der Waals surface area contributed by atoms with E-state index in [2.05, 4.69) is 18.3 Å². The van der Waals surface area contributed by atoms with E-state index < -0.39 is 0 Å². The molecule has 0 saturated carbocycles. The summed E-state index contributed by atoms with van der Waals surface area (Å²) in [5.74, 6) is 2.47. The number of amides is 1. The summed E-state index contributed by atoms with van der Waals surface area (Å²) in [5, 5.41) is 3.03. The normalized spacial score (nSPS) is 18.3. The number of hydrogen-bond acceptors (Lipinski definition) is 4. The summed E-state index contributed by atoms with van der Waals surface area (Å²) in [5.41, 5.74) is 3.58. The molecule has 1 aliphatic rings. The predicted octanol–water partition coefficient (Wildman–Crippen LogP) is -0.379. The van der Waals surface area contributed by atoms with E-state index in [0.717, 1.165) is 55.5 Å². The standard InChI is InChI=1S/C24H33N3O4/c1-18-13-22(30-3)23(31-4)14-20(18)16-26-9-11-27(12-10-26)17-24(28)25-15-19-5-7-21(29-2)8-6-19/h5-8,13-14H,9-12,15-17H2,1-4H3,(H,25,28)/p+2. The fourth-order valence-corrected chi connectivity index (χ4v) is 4.03. The number of piperazine rings is 1. The zero-order chi connectivity index (χ0) is 22.2. The summed E-state index contributed by atoms with van der Waals surface area (Å²) in [6.07, 6.45) is 0. The minimum absolute atomic E-state index is 0.102. The first kappa shape index (κ1) is 22.9. The van der Waals surface area contributed by atoms with Crippen LogP contribution in [0.4, 0.5) is 0 Å². The summed E-state index contributed by atoms with van der Waals surface area (Å²) in [4.78, 5) is 15.3. The van der Waals surface area contributed by atoms with E-state index in [1.54, 1.807) is 21.3 Å². The fraction of sp³-hybridized carbons (Fsp3) is 0.458. The minimum Gasteiger partial charge on any atom is -0.497 e. The van der Waals surface area contributed by atoms with Crippen molar-refractivity contribution >= 4 is 5.91 Å². The van der Waals surface area contributed by atoms with Gasteiger partial charge in [0.05, 0.1) is 21.3 Å². The first-order valence-electron chi connectivity index (χ1n) is 10.8. The molecule has 7 nitrogen and oxygen atoms in total. The summed E-state index contributed by atoms with van der Waals surface area (Å²) >= 11 is 0. The SMILES string of the molecule is COc1ccc(CNC(=O)C[NH+]2CC[NH+](Cc3cc(OC)c(OC)cc3C)CC2)cc1. The van der Waals surface area contributed by atoms with Crippen molar-refractivity contribution in [2.24, 2.45) is 0 Å². The Bertz CT molecular complexity index is 862. The van der Waals surface area contributed by atoms with Crippen LogP contribution in [0.25, 0.3) is 0 Å². The van der Waals surface area contributed by atoms with Crippen LogP contribution in [0.3, 0.4) is 0 Å². The van der Waals surface area contributed by atoms with Crippen LogP contribution in [0.2, 0.25) is 0 Å². The number of rotatable bonds is 9. The van der Waals surface area contributed by atoms with Crippen molar-refractivity contribution in [2.75, 3.05) is 54.1 Å². The van der Waals surface area contributed by atoms with E-state index in [9.17, 15) is 4.79 Å². The maximum absolute atomic E-state index is 12.4. The molecular weight excluding hydrogens is 394 g/mol. The van der Waals surface area contributed by atoms with Crippen molar-refractivity contribution in [2.45, 2.75) is 20.0 Å². The molecule has 2 aromatic rings. The number of methoxy groups -OCH3 is 3.